The molecule has 6 nitrogen and oxygen atoms in total. The van der Waals surface area contributed by atoms with Crippen LogP contribution in [0.3, 0.4) is 0 Å². The van der Waals surface area contributed by atoms with Crippen LogP contribution in [-0.4, -0.2) is 56.2 Å². The first-order valence-corrected chi connectivity index (χ1v) is 19.0. The molecular formula is C45H64Cl2N4O2. The minimum atomic E-state index is -0.0237. The van der Waals surface area contributed by atoms with Crippen molar-refractivity contribution in [2.45, 2.75) is 98.7 Å². The van der Waals surface area contributed by atoms with Gasteiger partial charge in [0.2, 0.25) is 0 Å². The number of benzene rings is 3. The summed E-state index contributed by atoms with van der Waals surface area (Å²) in [6, 6.07) is 25.2. The van der Waals surface area contributed by atoms with E-state index < -0.39 is 0 Å². The molecule has 0 spiro atoms. The number of halogens is 2. The monoisotopic (exact) mass is 762 g/mol. The standard InChI is InChI=1S/C13H16ClN.C13H17NO.C9H10ClN.C6H13N.C4H8O/c1-10(2)8-11(3)15-9-12-4-6-13(14)7-5-12;1-10(2)9-11(3)14-13(15)12-7-5-4-6-8-12;1-2-11-7-8-3-5-9(10)6-4-8;1-5(2)4-6(3)7;1-2-4-5-3-1/h4-7,9,11H,1,8H2,2-3H3;4-8,11H,1,9H2,2-3H3,(H,14,15);3-7H,2H2,1H3;6H,1,4,7H2,2-3H3;1-4H2/t2*11-;;6-;/m11.1./s1. The average molecular weight is 764 g/mol. The number of nitrogens with one attached hydrogen (secondary N) is 1. The molecule has 3 aromatic carbocycles. The number of nitrogens with zero attached hydrogens (tertiary/aromatic N) is 2. The lowest BCUT2D eigenvalue weighted by atomic mass is 10.1. The molecule has 3 aromatic rings. The van der Waals surface area contributed by atoms with Crippen LogP contribution in [0.4, 0.5) is 0 Å². The molecule has 290 valence electrons. The second-order valence-electron chi connectivity index (χ2n) is 13.4. The van der Waals surface area contributed by atoms with Crippen LogP contribution in [0.5, 0.6) is 0 Å². The molecule has 8 heteroatoms. The normalized spacial score (nSPS) is 13.3. The Hall–Kier alpha value is -3.81. The van der Waals surface area contributed by atoms with Crippen LogP contribution in [0.2, 0.25) is 10.0 Å². The van der Waals surface area contributed by atoms with Crippen LogP contribution in [-0.2, 0) is 4.74 Å². The van der Waals surface area contributed by atoms with Gasteiger partial charge in [-0.15, -0.1) is 19.7 Å². The third kappa shape index (κ3) is 30.4. The molecule has 1 amide bonds. The van der Waals surface area contributed by atoms with E-state index in [0.717, 1.165) is 76.9 Å². The number of carbonyl (C=O) groups excluding carboxylic acids is 1. The first-order chi connectivity index (χ1) is 25.1. The third-order valence-corrected chi connectivity index (χ3v) is 7.35. The predicted molar refractivity (Wildman–Crippen MR) is 233 cm³/mol. The molecule has 1 fully saturated rings. The van der Waals surface area contributed by atoms with Gasteiger partial charge in [0, 0.05) is 59.9 Å². The summed E-state index contributed by atoms with van der Waals surface area (Å²) >= 11 is 11.5. The van der Waals surface area contributed by atoms with Gasteiger partial charge >= 0.3 is 0 Å². The van der Waals surface area contributed by atoms with Crippen LogP contribution in [0, 0.1) is 0 Å². The van der Waals surface area contributed by atoms with Crippen LogP contribution >= 0.6 is 23.2 Å². The Kier molecular flexibility index (Phi) is 28.4. The SMILES string of the molecule is C1CCOC1.C=C(C)C[C@@H](C)N.C=C(C)C[C@@H](C)N=Cc1ccc(Cl)cc1.C=C(C)C[C@@H](C)NC(=O)c1ccccc1.CCN=Cc1ccc(Cl)cc1. The van der Waals surface area contributed by atoms with Gasteiger partial charge < -0.3 is 15.8 Å². The van der Waals surface area contributed by atoms with Crippen molar-refractivity contribution in [1.82, 2.24) is 5.32 Å². The van der Waals surface area contributed by atoms with E-state index in [2.05, 4.69) is 42.0 Å². The van der Waals surface area contributed by atoms with Crippen molar-refractivity contribution in [2.75, 3.05) is 19.8 Å². The number of nitrogens with two attached hydrogens (primary N) is 1. The molecule has 1 heterocycles. The zero-order valence-electron chi connectivity index (χ0n) is 33.2. The lowest BCUT2D eigenvalue weighted by Gasteiger charge is -2.13. The summed E-state index contributed by atoms with van der Waals surface area (Å²) in [5.41, 5.74) is 11.7. The van der Waals surface area contributed by atoms with E-state index in [9.17, 15) is 4.79 Å². The highest BCUT2D eigenvalue weighted by Gasteiger charge is 2.08. The second kappa shape index (κ2) is 30.6. The van der Waals surface area contributed by atoms with E-state index >= 15 is 0 Å². The van der Waals surface area contributed by atoms with Gasteiger partial charge in [0.1, 0.15) is 0 Å². The highest BCUT2D eigenvalue weighted by Crippen LogP contribution is 2.10. The van der Waals surface area contributed by atoms with E-state index in [-0.39, 0.29) is 24.0 Å². The molecular weight excluding hydrogens is 699 g/mol. The average Bonchev–Trinajstić information content (AvgIpc) is 3.69. The quantitative estimate of drug-likeness (QED) is 0.142. The zero-order chi connectivity index (χ0) is 40.0. The molecule has 1 aliphatic heterocycles. The molecule has 4 rings (SSSR count). The van der Waals surface area contributed by atoms with Crippen molar-refractivity contribution in [1.29, 1.82) is 0 Å². The van der Waals surface area contributed by atoms with E-state index in [1.807, 2.05) is 133 Å². The fourth-order valence-electron chi connectivity index (χ4n) is 4.60. The van der Waals surface area contributed by atoms with Crippen molar-refractivity contribution in [3.05, 3.63) is 142 Å². The summed E-state index contributed by atoms with van der Waals surface area (Å²) in [7, 11) is 0. The number of amides is 1. The summed E-state index contributed by atoms with van der Waals surface area (Å²) in [4.78, 5) is 20.2. The maximum atomic E-state index is 11.7. The van der Waals surface area contributed by atoms with Crippen molar-refractivity contribution in [2.24, 2.45) is 15.7 Å². The molecule has 0 unspecified atom stereocenters. The molecule has 53 heavy (non-hydrogen) atoms. The van der Waals surface area contributed by atoms with Crippen molar-refractivity contribution in [3.63, 3.8) is 0 Å². The molecule has 3 atom stereocenters. The minimum absolute atomic E-state index is 0.0237. The lowest BCUT2D eigenvalue weighted by Crippen LogP contribution is -2.32. The van der Waals surface area contributed by atoms with Crippen molar-refractivity contribution < 1.29 is 9.53 Å². The molecule has 1 saturated heterocycles. The van der Waals surface area contributed by atoms with Crippen LogP contribution in [0.15, 0.2) is 125 Å². The molecule has 1 aliphatic rings. The third-order valence-electron chi connectivity index (χ3n) is 6.85. The number of rotatable bonds is 12. The van der Waals surface area contributed by atoms with Gasteiger partial charge in [-0.25, -0.2) is 0 Å². The zero-order valence-corrected chi connectivity index (χ0v) is 34.7. The lowest BCUT2D eigenvalue weighted by molar-refractivity contribution is 0.0940. The Morgan fingerprint density at radius 2 is 1.25 bits per heavy atom. The molecule has 0 bridgehead atoms. The highest BCUT2D eigenvalue weighted by molar-refractivity contribution is 6.30. The van der Waals surface area contributed by atoms with E-state index in [4.69, 9.17) is 33.7 Å². The number of carbonyl (C=O) groups is 1. The van der Waals surface area contributed by atoms with Gasteiger partial charge in [-0.2, -0.15) is 0 Å². The maximum Gasteiger partial charge on any atom is 0.251 e. The van der Waals surface area contributed by atoms with Gasteiger partial charge in [0.15, 0.2) is 0 Å². The first-order valence-electron chi connectivity index (χ1n) is 18.3. The van der Waals surface area contributed by atoms with E-state index in [0.29, 0.717) is 5.56 Å². The number of aliphatic imine (C=N–C) groups is 2. The summed E-state index contributed by atoms with van der Waals surface area (Å²) in [5.74, 6) is -0.0237. The van der Waals surface area contributed by atoms with Crippen LogP contribution in [0.1, 0.15) is 102 Å². The van der Waals surface area contributed by atoms with Crippen molar-refractivity contribution >= 4 is 41.5 Å². The number of ether oxygens (including phenoxy) is 1. The van der Waals surface area contributed by atoms with Crippen LogP contribution in [0.25, 0.3) is 0 Å². The van der Waals surface area contributed by atoms with Crippen molar-refractivity contribution in [3.8, 4) is 0 Å². The number of hydrogen-bond acceptors (Lipinski definition) is 5. The van der Waals surface area contributed by atoms with Gasteiger partial charge in [-0.1, -0.05) is 82.4 Å². The first kappa shape index (κ1) is 49.2. The van der Waals surface area contributed by atoms with E-state index in [1.54, 1.807) is 0 Å². The summed E-state index contributed by atoms with van der Waals surface area (Å²) < 4.78 is 4.94. The molecule has 0 radical (unpaired) electrons. The molecule has 0 saturated carbocycles. The van der Waals surface area contributed by atoms with Crippen LogP contribution < -0.4 is 11.1 Å². The molecule has 3 N–H and O–H groups in total. The van der Waals surface area contributed by atoms with Gasteiger partial charge in [-0.3, -0.25) is 14.8 Å². The molecule has 0 aliphatic carbocycles. The Bertz CT molecular complexity index is 1490. The van der Waals surface area contributed by atoms with Gasteiger partial charge in [-0.05, 0) is 128 Å². The number of hydrogen-bond donors (Lipinski definition) is 2. The second-order valence-corrected chi connectivity index (χ2v) is 14.3. The Labute approximate surface area is 331 Å². The Morgan fingerprint density at radius 3 is 1.62 bits per heavy atom. The topological polar surface area (TPSA) is 89.1 Å². The maximum absolute atomic E-state index is 11.7. The smallest absolute Gasteiger partial charge is 0.251 e. The Balaban J connectivity index is 0.000000669. The van der Waals surface area contributed by atoms with Gasteiger partial charge in [0.25, 0.3) is 5.91 Å². The summed E-state index contributed by atoms with van der Waals surface area (Å²) in [6.07, 6.45) is 8.98. The highest BCUT2D eigenvalue weighted by atomic mass is 35.5. The summed E-state index contributed by atoms with van der Waals surface area (Å²) in [5, 5.41) is 4.44. The van der Waals surface area contributed by atoms with E-state index in [1.165, 1.54) is 12.8 Å². The Morgan fingerprint density at radius 1 is 0.774 bits per heavy atom. The fraction of sp³-hybridized carbons (Fsp3) is 0.400. The summed E-state index contributed by atoms with van der Waals surface area (Å²) in [6.45, 7) is 28.3. The van der Waals surface area contributed by atoms with Gasteiger partial charge in [0.05, 0.1) is 6.04 Å². The minimum Gasteiger partial charge on any atom is -0.381 e. The predicted octanol–water partition coefficient (Wildman–Crippen LogP) is 11.8. The molecule has 0 aromatic heterocycles. The fourth-order valence-corrected chi connectivity index (χ4v) is 4.85. The largest absolute Gasteiger partial charge is 0.381 e.